The van der Waals surface area contributed by atoms with Crippen LogP contribution in [0.4, 0.5) is 11.8 Å². The number of nitrogens with one attached hydrogen (secondary N) is 2. The van der Waals surface area contributed by atoms with Gasteiger partial charge in [0.25, 0.3) is 0 Å². The number of pyridine rings is 1. The molecule has 4 heterocycles. The molecule has 124 valence electrons. The van der Waals surface area contributed by atoms with Gasteiger partial charge in [0.05, 0.1) is 23.0 Å². The Morgan fingerprint density at radius 1 is 1.24 bits per heavy atom. The van der Waals surface area contributed by atoms with Gasteiger partial charge in [0.15, 0.2) is 0 Å². The van der Waals surface area contributed by atoms with Gasteiger partial charge in [-0.15, -0.1) is 0 Å². The highest BCUT2D eigenvalue weighted by atomic mass is 15.3. The topological polar surface area (TPSA) is 93.5 Å². The Kier molecular flexibility index (Phi) is 4.01. The summed E-state index contributed by atoms with van der Waals surface area (Å²) < 4.78 is 0. The molecule has 0 amide bonds. The molecule has 1 saturated heterocycles. The summed E-state index contributed by atoms with van der Waals surface area (Å²) >= 11 is 0. The maximum Gasteiger partial charge on any atom is 0.225 e. The molecule has 3 aromatic rings. The van der Waals surface area contributed by atoms with Gasteiger partial charge >= 0.3 is 0 Å². The second kappa shape index (κ2) is 6.61. The van der Waals surface area contributed by atoms with E-state index in [2.05, 4.69) is 36.2 Å². The molecule has 3 aromatic heterocycles. The molecular formula is C18H17N7. The largest absolute Gasteiger partial charge is 0.365 e. The number of hydrogen-bond donors (Lipinski definition) is 2. The van der Waals surface area contributed by atoms with Crippen molar-refractivity contribution in [2.24, 2.45) is 0 Å². The van der Waals surface area contributed by atoms with Crippen LogP contribution in [0.25, 0.3) is 11.4 Å². The number of nitriles is 1. The van der Waals surface area contributed by atoms with Crippen molar-refractivity contribution >= 4 is 11.8 Å². The fraction of sp³-hybridized carbons (Fsp3) is 0.222. The molecule has 1 atom stereocenters. The van der Waals surface area contributed by atoms with Crippen molar-refractivity contribution in [3.8, 4) is 17.5 Å². The zero-order valence-corrected chi connectivity index (χ0v) is 13.6. The van der Waals surface area contributed by atoms with E-state index in [1.165, 1.54) is 0 Å². The van der Waals surface area contributed by atoms with Gasteiger partial charge in [-0.2, -0.15) is 5.26 Å². The Morgan fingerprint density at radius 2 is 2.16 bits per heavy atom. The third-order valence-electron chi connectivity index (χ3n) is 4.23. The molecule has 0 spiro atoms. The zero-order valence-electron chi connectivity index (χ0n) is 13.6. The smallest absolute Gasteiger partial charge is 0.225 e. The lowest BCUT2D eigenvalue weighted by Gasteiger charge is -2.17. The second-order valence-corrected chi connectivity index (χ2v) is 5.94. The summed E-state index contributed by atoms with van der Waals surface area (Å²) in [6.07, 6.45) is 6.29. The summed E-state index contributed by atoms with van der Waals surface area (Å²) in [5.41, 5.74) is 2.47. The van der Waals surface area contributed by atoms with Crippen LogP contribution in [0.2, 0.25) is 0 Å². The van der Waals surface area contributed by atoms with Crippen molar-refractivity contribution in [1.82, 2.24) is 19.9 Å². The summed E-state index contributed by atoms with van der Waals surface area (Å²) in [6, 6.07) is 11.7. The Balaban J connectivity index is 1.46. The lowest BCUT2D eigenvalue weighted by Crippen LogP contribution is -2.27. The van der Waals surface area contributed by atoms with Crippen molar-refractivity contribution in [3.63, 3.8) is 0 Å². The molecule has 4 rings (SSSR count). The molecule has 0 saturated carbocycles. The molecule has 1 aliphatic heterocycles. The van der Waals surface area contributed by atoms with Crippen molar-refractivity contribution in [1.29, 1.82) is 5.26 Å². The first kappa shape index (κ1) is 15.1. The molecule has 2 N–H and O–H groups in total. The lowest BCUT2D eigenvalue weighted by molar-refractivity contribution is 0.798. The van der Waals surface area contributed by atoms with Crippen LogP contribution in [-0.4, -0.2) is 39.1 Å². The number of hydrogen-bond acceptors (Lipinski definition) is 6. The van der Waals surface area contributed by atoms with E-state index in [4.69, 9.17) is 5.26 Å². The van der Waals surface area contributed by atoms with E-state index >= 15 is 0 Å². The third kappa shape index (κ3) is 3.28. The van der Waals surface area contributed by atoms with E-state index < -0.39 is 0 Å². The third-order valence-corrected chi connectivity index (χ3v) is 4.23. The summed E-state index contributed by atoms with van der Waals surface area (Å²) in [4.78, 5) is 18.7. The number of aromatic amines is 1. The Hall–Kier alpha value is -3.40. The quantitative estimate of drug-likeness (QED) is 0.762. The summed E-state index contributed by atoms with van der Waals surface area (Å²) in [5.74, 6) is 1.46. The highest BCUT2D eigenvalue weighted by molar-refractivity contribution is 5.56. The van der Waals surface area contributed by atoms with E-state index in [1.807, 2.05) is 24.4 Å². The van der Waals surface area contributed by atoms with Crippen molar-refractivity contribution in [2.45, 2.75) is 12.5 Å². The van der Waals surface area contributed by atoms with Crippen LogP contribution in [0.1, 0.15) is 12.0 Å². The predicted molar refractivity (Wildman–Crippen MR) is 95.0 cm³/mol. The summed E-state index contributed by atoms with van der Waals surface area (Å²) in [5, 5.41) is 12.4. The van der Waals surface area contributed by atoms with E-state index in [9.17, 15) is 0 Å². The van der Waals surface area contributed by atoms with Crippen LogP contribution in [0, 0.1) is 11.3 Å². The van der Waals surface area contributed by atoms with Crippen LogP contribution in [0.15, 0.2) is 48.9 Å². The van der Waals surface area contributed by atoms with Gasteiger partial charge in [0.1, 0.15) is 5.82 Å². The average molecular weight is 331 g/mol. The van der Waals surface area contributed by atoms with E-state index in [-0.39, 0.29) is 6.04 Å². The standard InChI is InChI=1S/C18H17N7/c19-11-13-3-7-21-17(10-13)23-14-5-9-25(12-14)18-22-8-4-16(24-18)15-2-1-6-20-15/h1-4,6-8,10,14,20H,5,9,12H2,(H,21,23). The zero-order chi connectivity index (χ0) is 17.1. The molecule has 1 fully saturated rings. The van der Waals surface area contributed by atoms with Gasteiger partial charge in [0.2, 0.25) is 5.95 Å². The molecule has 0 radical (unpaired) electrons. The van der Waals surface area contributed by atoms with Gasteiger partial charge in [-0.1, -0.05) is 0 Å². The maximum atomic E-state index is 8.99. The fourth-order valence-corrected chi connectivity index (χ4v) is 2.99. The van der Waals surface area contributed by atoms with Crippen LogP contribution < -0.4 is 10.2 Å². The minimum absolute atomic E-state index is 0.249. The number of H-pyrrole nitrogens is 1. The summed E-state index contributed by atoms with van der Waals surface area (Å²) in [7, 11) is 0. The van der Waals surface area contributed by atoms with Crippen molar-refractivity contribution < 1.29 is 0 Å². The number of rotatable bonds is 4. The normalized spacial score (nSPS) is 16.6. The van der Waals surface area contributed by atoms with Gasteiger partial charge < -0.3 is 15.2 Å². The van der Waals surface area contributed by atoms with Crippen LogP contribution in [0.3, 0.4) is 0 Å². The molecule has 0 aromatic carbocycles. The lowest BCUT2D eigenvalue weighted by atomic mass is 10.2. The van der Waals surface area contributed by atoms with Gasteiger partial charge in [-0.25, -0.2) is 15.0 Å². The van der Waals surface area contributed by atoms with Crippen LogP contribution in [-0.2, 0) is 0 Å². The first-order valence-corrected chi connectivity index (χ1v) is 8.16. The molecule has 0 bridgehead atoms. The first-order chi connectivity index (χ1) is 12.3. The van der Waals surface area contributed by atoms with Gasteiger partial charge in [-0.05, 0) is 36.8 Å². The highest BCUT2D eigenvalue weighted by Crippen LogP contribution is 2.21. The Labute approximate surface area is 145 Å². The maximum absolute atomic E-state index is 8.99. The van der Waals surface area contributed by atoms with Gasteiger partial charge in [-0.3, -0.25) is 0 Å². The average Bonchev–Trinajstić information content (AvgIpc) is 3.34. The molecule has 1 aliphatic rings. The van der Waals surface area contributed by atoms with Crippen molar-refractivity contribution in [3.05, 3.63) is 54.5 Å². The van der Waals surface area contributed by atoms with Crippen LogP contribution >= 0.6 is 0 Å². The van der Waals surface area contributed by atoms with Crippen molar-refractivity contribution in [2.75, 3.05) is 23.3 Å². The number of nitrogens with zero attached hydrogens (tertiary/aromatic N) is 5. The monoisotopic (exact) mass is 331 g/mol. The minimum Gasteiger partial charge on any atom is -0.365 e. The van der Waals surface area contributed by atoms with E-state index in [0.29, 0.717) is 5.56 Å². The fourth-order valence-electron chi connectivity index (χ4n) is 2.99. The number of aromatic nitrogens is 4. The van der Waals surface area contributed by atoms with E-state index in [0.717, 1.165) is 42.7 Å². The molecule has 7 heteroatoms. The molecular weight excluding hydrogens is 314 g/mol. The molecule has 0 aliphatic carbocycles. The Morgan fingerprint density at radius 3 is 3.00 bits per heavy atom. The minimum atomic E-state index is 0.249. The van der Waals surface area contributed by atoms with E-state index in [1.54, 1.807) is 24.5 Å². The Bertz CT molecular complexity index is 898. The highest BCUT2D eigenvalue weighted by Gasteiger charge is 2.24. The molecule has 1 unspecified atom stereocenters. The molecule has 25 heavy (non-hydrogen) atoms. The number of anilines is 2. The first-order valence-electron chi connectivity index (χ1n) is 8.16. The van der Waals surface area contributed by atoms with Crippen LogP contribution in [0.5, 0.6) is 0 Å². The summed E-state index contributed by atoms with van der Waals surface area (Å²) in [6.45, 7) is 1.68. The SMILES string of the molecule is N#Cc1ccnc(NC2CCN(c3nccc(-c4ccc[nH]4)n3)C2)c1. The predicted octanol–water partition coefficient (Wildman–Crippen LogP) is 2.43. The second-order valence-electron chi connectivity index (χ2n) is 5.94. The van der Waals surface area contributed by atoms with Gasteiger partial charge in [0, 0.05) is 37.7 Å². The molecule has 7 nitrogen and oxygen atoms in total.